The topological polar surface area (TPSA) is 17.1 Å². The molecule has 1 aliphatic rings. The lowest BCUT2D eigenvalue weighted by Gasteiger charge is -2.28. The van der Waals surface area contributed by atoms with Crippen molar-refractivity contribution in [3.8, 4) is 0 Å². The van der Waals surface area contributed by atoms with Crippen LogP contribution in [0.2, 0.25) is 0 Å². The first kappa shape index (κ1) is 12.2. The van der Waals surface area contributed by atoms with Crippen molar-refractivity contribution in [1.82, 2.24) is 0 Å². The Labute approximate surface area is 93.3 Å². The molecule has 0 bridgehead atoms. The Kier molecular flexibility index (Phi) is 4.31. The smallest absolute Gasteiger partial charge is 0.120 e. The number of allylic oxidation sites excluding steroid dienone is 4. The highest BCUT2D eigenvalue weighted by atomic mass is 16.1. The zero-order valence-electron chi connectivity index (χ0n) is 10.1. The second kappa shape index (κ2) is 5.29. The number of hydrogen-bond donors (Lipinski definition) is 0. The van der Waals surface area contributed by atoms with Crippen LogP contribution < -0.4 is 0 Å². The van der Waals surface area contributed by atoms with Crippen molar-refractivity contribution < 1.29 is 4.79 Å². The Hall–Kier alpha value is -0.850. The average molecular weight is 206 g/mol. The third-order valence-electron chi connectivity index (χ3n) is 3.78. The van der Waals surface area contributed by atoms with Crippen LogP contribution in [0.3, 0.4) is 0 Å². The molecule has 0 heterocycles. The van der Waals surface area contributed by atoms with Gasteiger partial charge in [0.2, 0.25) is 0 Å². The Balaban J connectivity index is 2.35. The number of carbonyl (C=O) groups is 1. The molecule has 0 saturated carbocycles. The van der Waals surface area contributed by atoms with Crippen molar-refractivity contribution in [2.75, 3.05) is 0 Å². The van der Waals surface area contributed by atoms with Gasteiger partial charge in [-0.3, -0.25) is 0 Å². The van der Waals surface area contributed by atoms with Gasteiger partial charge in [0.15, 0.2) is 0 Å². The summed E-state index contributed by atoms with van der Waals surface area (Å²) in [7, 11) is 0. The Morgan fingerprint density at radius 1 is 1.40 bits per heavy atom. The molecule has 0 aromatic rings. The lowest BCUT2D eigenvalue weighted by molar-refractivity contribution is -0.107. The van der Waals surface area contributed by atoms with Gasteiger partial charge in [-0.25, -0.2) is 0 Å². The molecule has 0 radical (unpaired) electrons. The van der Waals surface area contributed by atoms with Gasteiger partial charge < -0.3 is 4.79 Å². The molecule has 1 unspecified atom stereocenters. The van der Waals surface area contributed by atoms with Crippen LogP contribution in [0, 0.1) is 11.3 Å². The van der Waals surface area contributed by atoms with Gasteiger partial charge in [0.05, 0.1) is 0 Å². The van der Waals surface area contributed by atoms with Crippen LogP contribution in [0.1, 0.15) is 46.5 Å². The van der Waals surface area contributed by atoms with E-state index in [0.29, 0.717) is 11.8 Å². The highest BCUT2D eigenvalue weighted by Crippen LogP contribution is 2.44. The van der Waals surface area contributed by atoms with Gasteiger partial charge in [0, 0.05) is 6.42 Å². The summed E-state index contributed by atoms with van der Waals surface area (Å²) >= 11 is 0. The van der Waals surface area contributed by atoms with Crippen LogP contribution in [0.4, 0.5) is 0 Å². The summed E-state index contributed by atoms with van der Waals surface area (Å²) in [6.07, 6.45) is 11.6. The second-order valence-corrected chi connectivity index (χ2v) is 4.99. The molecule has 0 aromatic carbocycles. The molecule has 0 aliphatic heterocycles. The predicted octanol–water partition coefficient (Wildman–Crippen LogP) is 3.90. The monoisotopic (exact) mass is 206 g/mol. The minimum absolute atomic E-state index is 0.356. The maximum Gasteiger partial charge on any atom is 0.120 e. The summed E-state index contributed by atoms with van der Waals surface area (Å²) in [5, 5.41) is 0. The van der Waals surface area contributed by atoms with Gasteiger partial charge in [-0.05, 0) is 37.5 Å². The number of unbranched alkanes of at least 4 members (excludes halogenated alkanes) is 1. The minimum Gasteiger partial charge on any atom is -0.303 e. The molecule has 15 heavy (non-hydrogen) atoms. The molecule has 0 aromatic heterocycles. The van der Waals surface area contributed by atoms with Crippen molar-refractivity contribution in [2.45, 2.75) is 46.5 Å². The van der Waals surface area contributed by atoms with Crippen LogP contribution in [-0.2, 0) is 4.79 Å². The average Bonchev–Trinajstić information content (AvgIpc) is 2.44. The maximum absolute atomic E-state index is 10.1. The van der Waals surface area contributed by atoms with Crippen LogP contribution in [0.25, 0.3) is 0 Å². The quantitative estimate of drug-likeness (QED) is 0.379. The molecule has 1 rings (SSSR count). The highest BCUT2D eigenvalue weighted by Gasteiger charge is 2.33. The number of rotatable bonds is 5. The molecule has 0 saturated heterocycles. The van der Waals surface area contributed by atoms with Crippen molar-refractivity contribution in [3.63, 3.8) is 0 Å². The fourth-order valence-corrected chi connectivity index (χ4v) is 2.13. The van der Waals surface area contributed by atoms with Crippen LogP contribution in [0.5, 0.6) is 0 Å². The SMILES string of the molecule is CC1=CCC(C/C=C\CCC=O)C1(C)C. The molecule has 1 aliphatic carbocycles. The fourth-order valence-electron chi connectivity index (χ4n) is 2.13. The van der Waals surface area contributed by atoms with E-state index in [1.807, 2.05) is 0 Å². The Morgan fingerprint density at radius 3 is 2.67 bits per heavy atom. The van der Waals surface area contributed by atoms with Gasteiger partial charge in [-0.15, -0.1) is 0 Å². The van der Waals surface area contributed by atoms with E-state index in [4.69, 9.17) is 0 Å². The molecular weight excluding hydrogens is 184 g/mol. The van der Waals surface area contributed by atoms with Gasteiger partial charge in [0.25, 0.3) is 0 Å². The third kappa shape index (κ3) is 3.05. The van der Waals surface area contributed by atoms with Gasteiger partial charge in [-0.1, -0.05) is 37.6 Å². The van der Waals surface area contributed by atoms with Gasteiger partial charge in [-0.2, -0.15) is 0 Å². The summed E-state index contributed by atoms with van der Waals surface area (Å²) in [4.78, 5) is 10.1. The Bertz CT molecular complexity index is 271. The van der Waals surface area contributed by atoms with Gasteiger partial charge >= 0.3 is 0 Å². The first-order valence-electron chi connectivity index (χ1n) is 5.85. The van der Waals surface area contributed by atoms with Gasteiger partial charge in [0.1, 0.15) is 6.29 Å². The molecule has 0 N–H and O–H groups in total. The van der Waals surface area contributed by atoms with E-state index in [2.05, 4.69) is 39.0 Å². The number of aldehydes is 1. The van der Waals surface area contributed by atoms with E-state index in [9.17, 15) is 4.79 Å². The predicted molar refractivity (Wildman–Crippen MR) is 64.7 cm³/mol. The summed E-state index contributed by atoms with van der Waals surface area (Å²) in [6, 6.07) is 0. The van der Waals surface area contributed by atoms with Crippen molar-refractivity contribution in [1.29, 1.82) is 0 Å². The lowest BCUT2D eigenvalue weighted by Crippen LogP contribution is -2.19. The van der Waals surface area contributed by atoms with E-state index in [-0.39, 0.29) is 0 Å². The lowest BCUT2D eigenvalue weighted by atomic mass is 9.76. The third-order valence-corrected chi connectivity index (χ3v) is 3.78. The largest absolute Gasteiger partial charge is 0.303 e. The molecular formula is C14H22O. The molecule has 1 nitrogen and oxygen atoms in total. The molecule has 0 fully saturated rings. The molecule has 1 heteroatoms. The zero-order chi connectivity index (χ0) is 11.3. The molecule has 0 spiro atoms. The van der Waals surface area contributed by atoms with Crippen LogP contribution >= 0.6 is 0 Å². The van der Waals surface area contributed by atoms with E-state index in [1.165, 1.54) is 12.0 Å². The van der Waals surface area contributed by atoms with E-state index in [0.717, 1.165) is 25.0 Å². The van der Waals surface area contributed by atoms with Crippen molar-refractivity contribution >= 4 is 6.29 Å². The van der Waals surface area contributed by atoms with E-state index < -0.39 is 0 Å². The molecule has 0 amide bonds. The van der Waals surface area contributed by atoms with E-state index >= 15 is 0 Å². The van der Waals surface area contributed by atoms with Crippen LogP contribution in [0.15, 0.2) is 23.8 Å². The standard InChI is InChI=1S/C14H22O/c1-12-9-10-13(14(12,2)3)8-6-4-5-7-11-15/h4,6,9,11,13H,5,7-8,10H2,1-3H3/b6-4-. The summed E-state index contributed by atoms with van der Waals surface area (Å²) in [5.41, 5.74) is 1.88. The maximum atomic E-state index is 10.1. The summed E-state index contributed by atoms with van der Waals surface area (Å²) < 4.78 is 0. The normalized spacial score (nSPS) is 24.5. The highest BCUT2D eigenvalue weighted by molar-refractivity contribution is 5.49. The van der Waals surface area contributed by atoms with E-state index in [1.54, 1.807) is 0 Å². The fraction of sp³-hybridized carbons (Fsp3) is 0.643. The van der Waals surface area contributed by atoms with Crippen molar-refractivity contribution in [2.24, 2.45) is 11.3 Å². The first-order valence-corrected chi connectivity index (χ1v) is 5.85. The summed E-state index contributed by atoms with van der Waals surface area (Å²) in [5.74, 6) is 0.741. The summed E-state index contributed by atoms with van der Waals surface area (Å²) in [6.45, 7) is 6.89. The van der Waals surface area contributed by atoms with Crippen LogP contribution in [-0.4, -0.2) is 6.29 Å². The molecule has 84 valence electrons. The second-order valence-electron chi connectivity index (χ2n) is 4.99. The minimum atomic E-state index is 0.356. The molecule has 1 atom stereocenters. The number of carbonyl (C=O) groups excluding carboxylic acids is 1. The first-order chi connectivity index (χ1) is 7.09. The van der Waals surface area contributed by atoms with Crippen molar-refractivity contribution in [3.05, 3.63) is 23.8 Å². The zero-order valence-corrected chi connectivity index (χ0v) is 10.1. The number of hydrogen-bond acceptors (Lipinski definition) is 1. The Morgan fingerprint density at radius 2 is 2.13 bits per heavy atom.